The molecule has 0 radical (unpaired) electrons. The largest absolute Gasteiger partial charge is 0.481 e. The van der Waals surface area contributed by atoms with Crippen LogP contribution in [0.3, 0.4) is 0 Å². The summed E-state index contributed by atoms with van der Waals surface area (Å²) in [6, 6.07) is 16.2. The monoisotopic (exact) mass is 391 g/mol. The maximum absolute atomic E-state index is 6.11. The maximum Gasteiger partial charge on any atom is 0.328 e. The molecule has 146 valence electrons. The number of hydrogen-bond donors (Lipinski definition) is 0. The molecule has 29 heavy (non-hydrogen) atoms. The summed E-state index contributed by atoms with van der Waals surface area (Å²) in [5.74, 6) is 2.55. The van der Waals surface area contributed by atoms with Crippen molar-refractivity contribution >= 4 is 0 Å². The lowest BCUT2D eigenvalue weighted by atomic mass is 10.2. The zero-order valence-corrected chi connectivity index (χ0v) is 15.7. The van der Waals surface area contributed by atoms with E-state index in [2.05, 4.69) is 15.0 Å². The van der Waals surface area contributed by atoms with Gasteiger partial charge in [-0.25, -0.2) is 4.98 Å². The van der Waals surface area contributed by atoms with Gasteiger partial charge in [-0.05, 0) is 24.3 Å². The number of oxazole rings is 1. The number of benzene rings is 2. The Morgan fingerprint density at radius 2 is 1.38 bits per heavy atom. The van der Waals surface area contributed by atoms with Crippen molar-refractivity contribution in [2.45, 2.75) is 0 Å². The molecular weight excluding hydrogens is 374 g/mol. The minimum absolute atomic E-state index is 0.0678. The minimum Gasteiger partial charge on any atom is -0.481 e. The van der Waals surface area contributed by atoms with E-state index in [1.165, 1.54) is 20.5 Å². The average molecular weight is 391 g/mol. The van der Waals surface area contributed by atoms with E-state index >= 15 is 0 Å². The van der Waals surface area contributed by atoms with Crippen LogP contribution in [0.2, 0.25) is 0 Å². The lowest BCUT2D eigenvalue weighted by molar-refractivity contribution is 0.342. The summed E-state index contributed by atoms with van der Waals surface area (Å²) in [7, 11) is 3.00. The molecule has 0 fully saturated rings. The van der Waals surface area contributed by atoms with Gasteiger partial charge in [0.2, 0.25) is 17.7 Å². The summed E-state index contributed by atoms with van der Waals surface area (Å²) >= 11 is 0. The van der Waals surface area contributed by atoms with Gasteiger partial charge in [0, 0.05) is 0 Å². The molecule has 0 bridgehead atoms. The fourth-order valence-corrected chi connectivity index (χ4v) is 2.56. The second-order valence-corrected chi connectivity index (χ2v) is 5.72. The maximum atomic E-state index is 6.11. The number of ether oxygens (including phenoxy) is 4. The van der Waals surface area contributed by atoms with E-state index in [0.29, 0.717) is 40.5 Å². The highest BCUT2D eigenvalue weighted by Gasteiger charge is 2.15. The van der Waals surface area contributed by atoms with Crippen LogP contribution in [0.1, 0.15) is 0 Å². The molecule has 0 N–H and O–H groups in total. The van der Waals surface area contributed by atoms with E-state index < -0.39 is 0 Å². The zero-order chi connectivity index (χ0) is 20.1. The van der Waals surface area contributed by atoms with E-state index in [9.17, 15) is 0 Å². The molecule has 8 heteroatoms. The topological polar surface area (TPSA) is 88.7 Å². The second-order valence-electron chi connectivity index (χ2n) is 5.72. The number of methoxy groups -OCH3 is 2. The van der Waals surface area contributed by atoms with Crippen molar-refractivity contribution in [1.29, 1.82) is 0 Å². The summed E-state index contributed by atoms with van der Waals surface area (Å²) in [4.78, 5) is 12.6. The molecule has 2 aromatic heterocycles. The predicted octanol–water partition coefficient (Wildman–Crippen LogP) is 4.73. The third-order valence-electron chi connectivity index (χ3n) is 3.90. The highest BCUT2D eigenvalue weighted by molar-refractivity contribution is 5.63. The van der Waals surface area contributed by atoms with E-state index in [1.54, 1.807) is 24.4 Å². The van der Waals surface area contributed by atoms with Crippen molar-refractivity contribution in [2.24, 2.45) is 0 Å². The summed E-state index contributed by atoms with van der Waals surface area (Å²) in [5, 5.41) is 0. The number of aromatic nitrogens is 3. The van der Waals surface area contributed by atoms with Crippen LogP contribution in [-0.2, 0) is 0 Å². The van der Waals surface area contributed by atoms with Crippen molar-refractivity contribution in [2.75, 3.05) is 14.2 Å². The van der Waals surface area contributed by atoms with Gasteiger partial charge in [-0.2, -0.15) is 9.97 Å². The number of para-hydroxylation sites is 3. The van der Waals surface area contributed by atoms with Gasteiger partial charge in [0.1, 0.15) is 12.0 Å². The molecule has 0 saturated heterocycles. The van der Waals surface area contributed by atoms with Crippen LogP contribution < -0.4 is 18.9 Å². The van der Waals surface area contributed by atoms with Gasteiger partial charge in [0.25, 0.3) is 0 Å². The number of nitrogens with zero attached hydrogens (tertiary/aromatic N) is 3. The second kappa shape index (κ2) is 8.30. The Labute approximate surface area is 166 Å². The molecule has 4 aromatic rings. The van der Waals surface area contributed by atoms with Crippen molar-refractivity contribution in [1.82, 2.24) is 15.0 Å². The molecule has 4 rings (SSSR count). The van der Waals surface area contributed by atoms with Gasteiger partial charge in [0.05, 0.1) is 32.0 Å². The molecule has 2 heterocycles. The number of hydrogen-bond acceptors (Lipinski definition) is 8. The standard InChI is InChI=1S/C21H17N3O5/c1-25-18-13-19(26-2)24-21(23-18)29-17-10-6-5-9-16(17)28-15-8-4-3-7-14(15)20-22-11-12-27-20/h3-13H,1-2H3. The van der Waals surface area contributed by atoms with Crippen LogP contribution in [0, 0.1) is 0 Å². The molecule has 0 spiro atoms. The molecule has 0 atom stereocenters. The highest BCUT2D eigenvalue weighted by atomic mass is 16.5. The van der Waals surface area contributed by atoms with Crippen LogP contribution in [0.15, 0.2) is 71.5 Å². The van der Waals surface area contributed by atoms with Crippen LogP contribution in [0.5, 0.6) is 35.0 Å². The molecule has 8 nitrogen and oxygen atoms in total. The van der Waals surface area contributed by atoms with Crippen LogP contribution in [-0.4, -0.2) is 29.2 Å². The zero-order valence-electron chi connectivity index (χ0n) is 15.7. The Balaban J connectivity index is 1.66. The Morgan fingerprint density at radius 1 is 0.759 bits per heavy atom. The predicted molar refractivity (Wildman–Crippen MR) is 104 cm³/mol. The first kappa shape index (κ1) is 18.3. The first-order valence-corrected chi connectivity index (χ1v) is 8.67. The lowest BCUT2D eigenvalue weighted by Gasteiger charge is -2.13. The fourth-order valence-electron chi connectivity index (χ4n) is 2.56. The molecule has 0 amide bonds. The molecule has 0 unspecified atom stereocenters. The molecule has 2 aromatic carbocycles. The fraction of sp³-hybridized carbons (Fsp3) is 0.0952. The Bertz CT molecular complexity index is 1080. The van der Waals surface area contributed by atoms with Gasteiger partial charge in [-0.3, -0.25) is 0 Å². The minimum atomic E-state index is 0.0678. The van der Waals surface area contributed by atoms with Crippen molar-refractivity contribution in [3.8, 4) is 46.5 Å². The van der Waals surface area contributed by atoms with Gasteiger partial charge in [-0.15, -0.1) is 0 Å². The third kappa shape index (κ3) is 4.11. The summed E-state index contributed by atoms with van der Waals surface area (Å²) in [6.07, 6.45) is 3.09. The van der Waals surface area contributed by atoms with E-state index in [1.807, 2.05) is 36.4 Å². The summed E-state index contributed by atoms with van der Waals surface area (Å²) in [5.41, 5.74) is 0.714. The van der Waals surface area contributed by atoms with Gasteiger partial charge in [0.15, 0.2) is 11.5 Å². The Kier molecular flexibility index (Phi) is 5.24. The third-order valence-corrected chi connectivity index (χ3v) is 3.90. The van der Waals surface area contributed by atoms with E-state index in [4.69, 9.17) is 23.4 Å². The summed E-state index contributed by atoms with van der Waals surface area (Å²) in [6.45, 7) is 0. The number of rotatable bonds is 7. The average Bonchev–Trinajstić information content (AvgIpc) is 3.30. The van der Waals surface area contributed by atoms with Crippen molar-refractivity contribution in [3.63, 3.8) is 0 Å². The normalized spacial score (nSPS) is 10.4. The molecule has 0 aliphatic rings. The van der Waals surface area contributed by atoms with Crippen LogP contribution in [0.4, 0.5) is 0 Å². The van der Waals surface area contributed by atoms with E-state index in [0.717, 1.165) is 0 Å². The summed E-state index contributed by atoms with van der Waals surface area (Å²) < 4.78 is 27.7. The van der Waals surface area contributed by atoms with Crippen LogP contribution in [0.25, 0.3) is 11.5 Å². The van der Waals surface area contributed by atoms with Gasteiger partial charge < -0.3 is 23.4 Å². The van der Waals surface area contributed by atoms with E-state index in [-0.39, 0.29) is 6.01 Å². The first-order chi connectivity index (χ1) is 14.3. The Morgan fingerprint density at radius 3 is 2.00 bits per heavy atom. The van der Waals surface area contributed by atoms with Gasteiger partial charge >= 0.3 is 6.01 Å². The SMILES string of the molecule is COc1cc(OC)nc(Oc2ccccc2Oc2ccccc2-c2ncco2)n1. The van der Waals surface area contributed by atoms with Crippen molar-refractivity contribution < 1.29 is 23.4 Å². The molecule has 0 aliphatic carbocycles. The highest BCUT2D eigenvalue weighted by Crippen LogP contribution is 2.38. The smallest absolute Gasteiger partial charge is 0.328 e. The first-order valence-electron chi connectivity index (χ1n) is 8.67. The molecule has 0 saturated carbocycles. The molecular formula is C21H17N3O5. The van der Waals surface area contributed by atoms with Gasteiger partial charge in [-0.1, -0.05) is 24.3 Å². The van der Waals surface area contributed by atoms with Crippen molar-refractivity contribution in [3.05, 3.63) is 67.1 Å². The van der Waals surface area contributed by atoms with Crippen LogP contribution >= 0.6 is 0 Å². The Hall–Kier alpha value is -4.07. The molecule has 0 aliphatic heterocycles. The quantitative estimate of drug-likeness (QED) is 0.447. The lowest BCUT2D eigenvalue weighted by Crippen LogP contribution is -1.99.